The van der Waals surface area contributed by atoms with Crippen molar-refractivity contribution in [3.8, 4) is 0 Å². The van der Waals surface area contributed by atoms with E-state index in [1.54, 1.807) is 6.20 Å². The van der Waals surface area contributed by atoms with Gasteiger partial charge < -0.3 is 0 Å². The zero-order valence-corrected chi connectivity index (χ0v) is 7.38. The molecule has 0 aliphatic heterocycles. The highest BCUT2D eigenvalue weighted by Crippen LogP contribution is 2.22. The minimum absolute atomic E-state index is 0.0844. The maximum Gasteiger partial charge on any atom is 0.0757 e. The van der Waals surface area contributed by atoms with E-state index < -0.39 is 0 Å². The Labute approximate surface area is 72.4 Å². The molecule has 1 aromatic rings. The van der Waals surface area contributed by atoms with Crippen molar-refractivity contribution >= 4 is 11.6 Å². The topological polar surface area (TPSA) is 12.9 Å². The van der Waals surface area contributed by atoms with E-state index in [4.69, 9.17) is 11.6 Å². The predicted octanol–water partition coefficient (Wildman–Crippen LogP) is 3.16. The first kappa shape index (κ1) is 8.54. The molecule has 60 valence electrons. The summed E-state index contributed by atoms with van der Waals surface area (Å²) in [6.07, 6.45) is 3.88. The molecule has 0 saturated heterocycles. The van der Waals surface area contributed by atoms with E-state index in [1.165, 1.54) is 0 Å². The number of alkyl halides is 1. The lowest BCUT2D eigenvalue weighted by Gasteiger charge is -2.05. The normalized spacial score (nSPS) is 12.9. The second-order valence-corrected chi connectivity index (χ2v) is 3.04. The molecule has 0 aliphatic carbocycles. The summed E-state index contributed by atoms with van der Waals surface area (Å²) in [5.74, 6) is 0. The molecule has 0 aliphatic rings. The third-order valence-corrected chi connectivity index (χ3v) is 1.99. The van der Waals surface area contributed by atoms with Crippen LogP contribution in [0.5, 0.6) is 0 Å². The van der Waals surface area contributed by atoms with E-state index in [2.05, 4.69) is 11.9 Å². The summed E-state index contributed by atoms with van der Waals surface area (Å²) in [6.45, 7) is 2.12. The van der Waals surface area contributed by atoms with Gasteiger partial charge in [-0.3, -0.25) is 4.98 Å². The van der Waals surface area contributed by atoms with E-state index >= 15 is 0 Å². The minimum Gasteiger partial charge on any atom is -0.260 e. The Morgan fingerprint density at radius 3 is 2.91 bits per heavy atom. The molecular weight excluding hydrogens is 158 g/mol. The molecule has 0 aromatic carbocycles. The fourth-order valence-electron chi connectivity index (χ4n) is 0.963. The van der Waals surface area contributed by atoms with Gasteiger partial charge >= 0.3 is 0 Å². The Hall–Kier alpha value is -0.560. The first-order chi connectivity index (χ1) is 5.34. The molecular formula is C9H12ClN. The van der Waals surface area contributed by atoms with Crippen LogP contribution in [0.4, 0.5) is 0 Å². The Morgan fingerprint density at radius 2 is 2.36 bits per heavy atom. The van der Waals surface area contributed by atoms with Gasteiger partial charge in [-0.05, 0) is 18.6 Å². The standard InChI is InChI=1S/C9H12ClN/c1-2-5-8(10)9-6-3-4-7-11-9/h3-4,6-8H,2,5H2,1H3. The van der Waals surface area contributed by atoms with E-state index in [1.807, 2.05) is 18.2 Å². The van der Waals surface area contributed by atoms with Crippen molar-refractivity contribution in [1.82, 2.24) is 4.98 Å². The minimum atomic E-state index is 0.0844. The number of nitrogens with zero attached hydrogens (tertiary/aromatic N) is 1. The summed E-state index contributed by atoms with van der Waals surface area (Å²) < 4.78 is 0. The van der Waals surface area contributed by atoms with Crippen molar-refractivity contribution in [2.45, 2.75) is 25.1 Å². The van der Waals surface area contributed by atoms with Crippen LogP contribution in [0.1, 0.15) is 30.8 Å². The molecule has 0 amide bonds. The van der Waals surface area contributed by atoms with Gasteiger partial charge in [-0.25, -0.2) is 0 Å². The molecule has 1 nitrogen and oxygen atoms in total. The number of pyridine rings is 1. The third-order valence-electron chi connectivity index (χ3n) is 1.55. The Morgan fingerprint density at radius 1 is 1.55 bits per heavy atom. The molecule has 0 fully saturated rings. The zero-order valence-electron chi connectivity index (χ0n) is 6.63. The van der Waals surface area contributed by atoms with Crippen LogP contribution < -0.4 is 0 Å². The second-order valence-electron chi connectivity index (χ2n) is 2.51. The molecule has 0 bridgehead atoms. The fraction of sp³-hybridized carbons (Fsp3) is 0.444. The SMILES string of the molecule is CCCC(Cl)c1ccccn1. The van der Waals surface area contributed by atoms with Crippen molar-refractivity contribution in [3.05, 3.63) is 30.1 Å². The summed E-state index contributed by atoms with van der Waals surface area (Å²) in [5.41, 5.74) is 0.982. The van der Waals surface area contributed by atoms with Crippen LogP contribution in [0, 0.1) is 0 Å². The number of halogens is 1. The number of rotatable bonds is 3. The van der Waals surface area contributed by atoms with Crippen LogP contribution in [-0.2, 0) is 0 Å². The smallest absolute Gasteiger partial charge is 0.0757 e. The van der Waals surface area contributed by atoms with Gasteiger partial charge in [-0.15, -0.1) is 11.6 Å². The molecule has 0 saturated carbocycles. The van der Waals surface area contributed by atoms with Crippen LogP contribution in [0.25, 0.3) is 0 Å². The van der Waals surface area contributed by atoms with Gasteiger partial charge in [0.1, 0.15) is 0 Å². The highest BCUT2D eigenvalue weighted by atomic mass is 35.5. The van der Waals surface area contributed by atoms with Gasteiger partial charge in [-0.1, -0.05) is 19.4 Å². The van der Waals surface area contributed by atoms with Gasteiger partial charge in [0.2, 0.25) is 0 Å². The molecule has 0 spiro atoms. The summed E-state index contributed by atoms with van der Waals surface area (Å²) in [6, 6.07) is 5.83. The second kappa shape index (κ2) is 4.35. The van der Waals surface area contributed by atoms with Crippen LogP contribution in [0.15, 0.2) is 24.4 Å². The van der Waals surface area contributed by atoms with Gasteiger partial charge in [0, 0.05) is 6.20 Å². The molecule has 0 N–H and O–H groups in total. The maximum atomic E-state index is 6.04. The Kier molecular flexibility index (Phi) is 3.37. The lowest BCUT2D eigenvalue weighted by atomic mass is 10.2. The fourth-order valence-corrected chi connectivity index (χ4v) is 1.31. The average molecular weight is 170 g/mol. The van der Waals surface area contributed by atoms with Crippen molar-refractivity contribution in [2.75, 3.05) is 0 Å². The van der Waals surface area contributed by atoms with Crippen molar-refractivity contribution in [2.24, 2.45) is 0 Å². The third kappa shape index (κ3) is 2.51. The van der Waals surface area contributed by atoms with Gasteiger partial charge in [0.05, 0.1) is 11.1 Å². The summed E-state index contributed by atoms with van der Waals surface area (Å²) in [4.78, 5) is 4.17. The van der Waals surface area contributed by atoms with Crippen LogP contribution in [0.2, 0.25) is 0 Å². The van der Waals surface area contributed by atoms with Crippen LogP contribution in [0.3, 0.4) is 0 Å². The molecule has 1 unspecified atom stereocenters. The zero-order chi connectivity index (χ0) is 8.10. The Bertz CT molecular complexity index is 198. The van der Waals surface area contributed by atoms with Gasteiger partial charge in [-0.2, -0.15) is 0 Å². The molecule has 1 rings (SSSR count). The quantitative estimate of drug-likeness (QED) is 0.634. The summed E-state index contributed by atoms with van der Waals surface area (Å²) >= 11 is 6.04. The monoisotopic (exact) mass is 169 g/mol. The molecule has 0 radical (unpaired) electrons. The summed E-state index contributed by atoms with van der Waals surface area (Å²) in [5, 5.41) is 0.0844. The molecule has 1 aromatic heterocycles. The number of hydrogen-bond donors (Lipinski definition) is 0. The van der Waals surface area contributed by atoms with Crippen LogP contribution in [-0.4, -0.2) is 4.98 Å². The van der Waals surface area contributed by atoms with Gasteiger partial charge in [0.25, 0.3) is 0 Å². The number of aromatic nitrogens is 1. The van der Waals surface area contributed by atoms with Crippen molar-refractivity contribution in [3.63, 3.8) is 0 Å². The molecule has 1 heterocycles. The van der Waals surface area contributed by atoms with Crippen molar-refractivity contribution in [1.29, 1.82) is 0 Å². The van der Waals surface area contributed by atoms with Gasteiger partial charge in [0.15, 0.2) is 0 Å². The number of hydrogen-bond acceptors (Lipinski definition) is 1. The van der Waals surface area contributed by atoms with E-state index in [0.29, 0.717) is 0 Å². The first-order valence-electron chi connectivity index (χ1n) is 3.89. The summed E-state index contributed by atoms with van der Waals surface area (Å²) in [7, 11) is 0. The van der Waals surface area contributed by atoms with Crippen molar-refractivity contribution < 1.29 is 0 Å². The first-order valence-corrected chi connectivity index (χ1v) is 4.33. The largest absolute Gasteiger partial charge is 0.260 e. The predicted molar refractivity (Wildman–Crippen MR) is 47.7 cm³/mol. The van der Waals surface area contributed by atoms with E-state index in [0.717, 1.165) is 18.5 Å². The lowest BCUT2D eigenvalue weighted by molar-refractivity contribution is 0.752. The Balaban J connectivity index is 2.61. The van der Waals surface area contributed by atoms with E-state index in [9.17, 15) is 0 Å². The molecule has 11 heavy (non-hydrogen) atoms. The van der Waals surface area contributed by atoms with E-state index in [-0.39, 0.29) is 5.38 Å². The maximum absolute atomic E-state index is 6.04. The lowest BCUT2D eigenvalue weighted by Crippen LogP contribution is -1.92. The highest BCUT2D eigenvalue weighted by molar-refractivity contribution is 6.20. The highest BCUT2D eigenvalue weighted by Gasteiger charge is 2.05. The molecule has 1 atom stereocenters. The average Bonchev–Trinajstić information content (AvgIpc) is 2.07. The van der Waals surface area contributed by atoms with Crippen LogP contribution >= 0.6 is 11.6 Å². The molecule has 2 heteroatoms.